The number of ether oxygens (including phenoxy) is 1. The van der Waals surface area contributed by atoms with Crippen LogP contribution in [0.3, 0.4) is 0 Å². The first kappa shape index (κ1) is 17.4. The molecule has 1 aliphatic heterocycles. The standard InChI is InChI=1S/C16H24N2O5/c1-3-17-14(20)10(2)23-13(19)8-9-18-15(21)11-6-4-5-7-12(11)16(18)22/h10-12H,3-9H2,1-2H3,(H,17,20)/t10-,11+,12+/m1/s1. The lowest BCUT2D eigenvalue weighted by atomic mass is 9.81. The van der Waals surface area contributed by atoms with E-state index in [1.54, 1.807) is 6.92 Å². The fraction of sp³-hybridized carbons (Fsp3) is 0.750. The van der Waals surface area contributed by atoms with Gasteiger partial charge in [-0.3, -0.25) is 24.1 Å². The van der Waals surface area contributed by atoms with Crippen molar-refractivity contribution in [2.75, 3.05) is 13.1 Å². The first-order valence-corrected chi connectivity index (χ1v) is 8.28. The van der Waals surface area contributed by atoms with E-state index >= 15 is 0 Å². The van der Waals surface area contributed by atoms with Gasteiger partial charge in [0.1, 0.15) is 0 Å². The molecule has 0 aromatic heterocycles. The Kier molecular flexibility index (Phi) is 5.74. The van der Waals surface area contributed by atoms with Crippen LogP contribution in [0.15, 0.2) is 0 Å². The molecule has 23 heavy (non-hydrogen) atoms. The SMILES string of the molecule is CCNC(=O)[C@@H](C)OC(=O)CCN1C(=O)[C@H]2CCCC[C@@H]2C1=O. The monoisotopic (exact) mass is 324 g/mol. The maximum atomic E-state index is 12.3. The number of hydrogen-bond acceptors (Lipinski definition) is 5. The van der Waals surface area contributed by atoms with Crippen LogP contribution in [-0.4, -0.2) is 47.8 Å². The highest BCUT2D eigenvalue weighted by Crippen LogP contribution is 2.37. The molecule has 1 saturated carbocycles. The minimum Gasteiger partial charge on any atom is -0.452 e. The molecular weight excluding hydrogens is 300 g/mol. The number of nitrogens with zero attached hydrogens (tertiary/aromatic N) is 1. The van der Waals surface area contributed by atoms with E-state index in [0.29, 0.717) is 6.54 Å². The fourth-order valence-electron chi connectivity index (χ4n) is 3.28. The largest absolute Gasteiger partial charge is 0.452 e. The summed E-state index contributed by atoms with van der Waals surface area (Å²) in [6.07, 6.45) is 2.49. The molecule has 0 bridgehead atoms. The van der Waals surface area contributed by atoms with Gasteiger partial charge in [0, 0.05) is 13.1 Å². The summed E-state index contributed by atoms with van der Waals surface area (Å²) in [5.74, 6) is -1.68. The van der Waals surface area contributed by atoms with Crippen LogP contribution in [0.25, 0.3) is 0 Å². The summed E-state index contributed by atoms with van der Waals surface area (Å²) >= 11 is 0. The molecule has 3 atom stereocenters. The topological polar surface area (TPSA) is 92.8 Å². The molecule has 1 heterocycles. The number of amides is 3. The van der Waals surface area contributed by atoms with E-state index in [1.165, 1.54) is 11.8 Å². The van der Waals surface area contributed by atoms with E-state index < -0.39 is 12.1 Å². The third-order valence-electron chi connectivity index (χ3n) is 4.50. The third kappa shape index (κ3) is 3.89. The van der Waals surface area contributed by atoms with E-state index in [1.807, 2.05) is 0 Å². The predicted molar refractivity (Wildman–Crippen MR) is 81.0 cm³/mol. The molecule has 2 aliphatic rings. The number of likely N-dealkylation sites (tertiary alicyclic amines) is 1. The van der Waals surface area contributed by atoms with Gasteiger partial charge < -0.3 is 10.1 Å². The van der Waals surface area contributed by atoms with Crippen molar-refractivity contribution in [1.29, 1.82) is 0 Å². The van der Waals surface area contributed by atoms with Gasteiger partial charge in [-0.15, -0.1) is 0 Å². The molecular formula is C16H24N2O5. The smallest absolute Gasteiger partial charge is 0.308 e. The lowest BCUT2D eigenvalue weighted by molar-refractivity contribution is -0.155. The maximum Gasteiger partial charge on any atom is 0.308 e. The number of fused-ring (bicyclic) bond motifs is 1. The molecule has 1 aliphatic carbocycles. The van der Waals surface area contributed by atoms with Crippen molar-refractivity contribution in [2.45, 2.75) is 52.1 Å². The predicted octanol–water partition coefficient (Wildman–Crippen LogP) is 0.619. The molecule has 2 rings (SSSR count). The molecule has 128 valence electrons. The van der Waals surface area contributed by atoms with Crippen LogP contribution in [0.4, 0.5) is 0 Å². The number of likely N-dealkylation sites (N-methyl/N-ethyl adjacent to an activating group) is 1. The van der Waals surface area contributed by atoms with Crippen LogP contribution in [0.5, 0.6) is 0 Å². The van der Waals surface area contributed by atoms with Crippen molar-refractivity contribution in [2.24, 2.45) is 11.8 Å². The van der Waals surface area contributed by atoms with Gasteiger partial charge in [-0.25, -0.2) is 0 Å². The Bertz CT molecular complexity index is 481. The van der Waals surface area contributed by atoms with Crippen molar-refractivity contribution < 1.29 is 23.9 Å². The highest BCUT2D eigenvalue weighted by Gasteiger charge is 2.47. The minimum atomic E-state index is -0.880. The molecule has 0 aromatic rings. The molecule has 2 fully saturated rings. The third-order valence-corrected chi connectivity index (χ3v) is 4.50. The quantitative estimate of drug-likeness (QED) is 0.571. The highest BCUT2D eigenvalue weighted by molar-refractivity contribution is 6.05. The maximum absolute atomic E-state index is 12.3. The number of hydrogen-bond donors (Lipinski definition) is 1. The number of carbonyl (C=O) groups is 4. The van der Waals surface area contributed by atoms with Gasteiger partial charge in [-0.05, 0) is 26.7 Å². The van der Waals surface area contributed by atoms with Gasteiger partial charge in [0.25, 0.3) is 5.91 Å². The molecule has 1 saturated heterocycles. The second kappa shape index (κ2) is 7.57. The first-order valence-electron chi connectivity index (χ1n) is 8.28. The molecule has 0 radical (unpaired) electrons. The van der Waals surface area contributed by atoms with Crippen molar-refractivity contribution in [3.05, 3.63) is 0 Å². The normalized spacial score (nSPS) is 25.0. The van der Waals surface area contributed by atoms with Gasteiger partial charge >= 0.3 is 5.97 Å². The first-order chi connectivity index (χ1) is 11.0. The fourth-order valence-corrected chi connectivity index (χ4v) is 3.28. The van der Waals surface area contributed by atoms with Gasteiger partial charge in [-0.2, -0.15) is 0 Å². The molecule has 7 nitrogen and oxygen atoms in total. The second-order valence-electron chi connectivity index (χ2n) is 6.10. The Morgan fingerprint density at radius 3 is 2.30 bits per heavy atom. The number of carbonyl (C=O) groups excluding carboxylic acids is 4. The Hall–Kier alpha value is -1.92. The van der Waals surface area contributed by atoms with Crippen molar-refractivity contribution >= 4 is 23.7 Å². The van der Waals surface area contributed by atoms with E-state index in [9.17, 15) is 19.2 Å². The molecule has 0 aromatic carbocycles. The summed E-state index contributed by atoms with van der Waals surface area (Å²) in [6.45, 7) is 3.76. The zero-order valence-corrected chi connectivity index (χ0v) is 13.7. The highest BCUT2D eigenvalue weighted by atomic mass is 16.5. The summed E-state index contributed by atoms with van der Waals surface area (Å²) in [5, 5.41) is 2.56. The Balaban J connectivity index is 1.83. The minimum absolute atomic E-state index is 0.0334. The molecule has 0 unspecified atom stereocenters. The van der Waals surface area contributed by atoms with Gasteiger partial charge in [0.05, 0.1) is 18.3 Å². The van der Waals surface area contributed by atoms with E-state index in [0.717, 1.165) is 25.7 Å². The summed E-state index contributed by atoms with van der Waals surface area (Å²) in [6, 6.07) is 0. The van der Waals surface area contributed by atoms with Gasteiger partial charge in [0.15, 0.2) is 6.10 Å². The van der Waals surface area contributed by atoms with Crippen molar-refractivity contribution in [1.82, 2.24) is 10.2 Å². The van der Waals surface area contributed by atoms with E-state index in [2.05, 4.69) is 5.32 Å². The summed E-state index contributed by atoms with van der Waals surface area (Å²) < 4.78 is 5.01. The second-order valence-corrected chi connectivity index (χ2v) is 6.10. The molecule has 0 spiro atoms. The van der Waals surface area contributed by atoms with Crippen molar-refractivity contribution in [3.63, 3.8) is 0 Å². The number of imide groups is 1. The zero-order chi connectivity index (χ0) is 17.0. The molecule has 7 heteroatoms. The van der Waals surface area contributed by atoms with Crippen LogP contribution < -0.4 is 5.32 Å². The summed E-state index contributed by atoms with van der Waals surface area (Å²) in [4.78, 5) is 49.0. The number of nitrogens with one attached hydrogen (secondary N) is 1. The van der Waals surface area contributed by atoms with Crippen molar-refractivity contribution in [3.8, 4) is 0 Å². The van der Waals surface area contributed by atoms with E-state index in [4.69, 9.17) is 4.74 Å². The van der Waals surface area contributed by atoms with Crippen LogP contribution in [0, 0.1) is 11.8 Å². The summed E-state index contributed by atoms with van der Waals surface area (Å²) in [7, 11) is 0. The van der Waals surface area contributed by atoms with Crippen LogP contribution in [0.1, 0.15) is 46.0 Å². The van der Waals surface area contributed by atoms with Gasteiger partial charge in [-0.1, -0.05) is 12.8 Å². The molecule has 3 amide bonds. The number of rotatable bonds is 6. The Labute approximate surface area is 135 Å². The molecule has 1 N–H and O–H groups in total. The van der Waals surface area contributed by atoms with Crippen LogP contribution in [0.2, 0.25) is 0 Å². The van der Waals surface area contributed by atoms with Gasteiger partial charge in [0.2, 0.25) is 11.8 Å². The lowest BCUT2D eigenvalue weighted by Crippen LogP contribution is -2.37. The van der Waals surface area contributed by atoms with Crippen LogP contribution >= 0.6 is 0 Å². The van der Waals surface area contributed by atoms with Crippen LogP contribution in [-0.2, 0) is 23.9 Å². The zero-order valence-electron chi connectivity index (χ0n) is 13.7. The van der Waals surface area contributed by atoms with E-state index in [-0.39, 0.29) is 42.5 Å². The lowest BCUT2D eigenvalue weighted by Gasteiger charge is -2.19. The average Bonchev–Trinajstić information content (AvgIpc) is 2.77. The number of esters is 1. The average molecular weight is 324 g/mol. The Morgan fingerprint density at radius 2 is 1.78 bits per heavy atom. The summed E-state index contributed by atoms with van der Waals surface area (Å²) in [5.41, 5.74) is 0. The Morgan fingerprint density at radius 1 is 1.22 bits per heavy atom.